The first-order chi connectivity index (χ1) is 17.5. The van der Waals surface area contributed by atoms with E-state index in [1.807, 2.05) is 62.4 Å². The standard InChI is InChI=1S/C27H22N8O/c1-17-8-6-11-21-23(17)27(36)35(19-9-4-3-5-10-19)26(34-21)18(2)33-25-20(24(28)31-16-32-25)12-13-22-29-14-7-15-30-22/h3-11,14-16,18H,1-2H3,(H3,28,31,32,33). The number of rotatable bonds is 4. The van der Waals surface area contributed by atoms with Crippen LogP contribution >= 0.6 is 0 Å². The van der Waals surface area contributed by atoms with Gasteiger partial charge in [-0.15, -0.1) is 0 Å². The minimum Gasteiger partial charge on any atom is -0.382 e. The molecule has 5 rings (SSSR count). The van der Waals surface area contributed by atoms with Gasteiger partial charge in [-0.3, -0.25) is 9.36 Å². The van der Waals surface area contributed by atoms with Crippen LogP contribution in [0.4, 0.5) is 11.6 Å². The summed E-state index contributed by atoms with van der Waals surface area (Å²) in [4.78, 5) is 35.3. The summed E-state index contributed by atoms with van der Waals surface area (Å²) in [5.74, 6) is 7.36. The predicted molar refractivity (Wildman–Crippen MR) is 139 cm³/mol. The molecule has 0 radical (unpaired) electrons. The van der Waals surface area contributed by atoms with E-state index in [0.29, 0.717) is 39.6 Å². The van der Waals surface area contributed by atoms with E-state index in [1.54, 1.807) is 23.0 Å². The lowest BCUT2D eigenvalue weighted by Crippen LogP contribution is -2.28. The molecule has 0 saturated carbocycles. The molecule has 3 heterocycles. The van der Waals surface area contributed by atoms with Gasteiger partial charge in [0.1, 0.15) is 29.4 Å². The van der Waals surface area contributed by atoms with Gasteiger partial charge in [-0.2, -0.15) is 0 Å². The van der Waals surface area contributed by atoms with Gasteiger partial charge in [-0.1, -0.05) is 36.3 Å². The van der Waals surface area contributed by atoms with Gasteiger partial charge >= 0.3 is 0 Å². The molecule has 0 aliphatic rings. The number of hydrogen-bond donors (Lipinski definition) is 2. The van der Waals surface area contributed by atoms with Gasteiger partial charge in [-0.25, -0.2) is 24.9 Å². The number of fused-ring (bicyclic) bond motifs is 1. The molecule has 1 atom stereocenters. The molecule has 5 aromatic rings. The minimum absolute atomic E-state index is 0.142. The fourth-order valence-corrected chi connectivity index (χ4v) is 3.91. The van der Waals surface area contributed by atoms with Gasteiger partial charge in [0.15, 0.2) is 0 Å². The van der Waals surface area contributed by atoms with Crippen LogP contribution in [0.3, 0.4) is 0 Å². The van der Waals surface area contributed by atoms with Gasteiger partial charge in [0.2, 0.25) is 5.82 Å². The number of benzene rings is 2. The van der Waals surface area contributed by atoms with Crippen molar-refractivity contribution in [3.05, 3.63) is 106 Å². The van der Waals surface area contributed by atoms with Crippen molar-refractivity contribution >= 4 is 22.5 Å². The maximum Gasteiger partial charge on any atom is 0.266 e. The SMILES string of the molecule is Cc1cccc2nc(C(C)Nc3ncnc(N)c3C#Cc3ncccn3)n(-c3ccccc3)c(=O)c12. The Balaban J connectivity index is 1.62. The van der Waals surface area contributed by atoms with Crippen molar-refractivity contribution in [2.45, 2.75) is 19.9 Å². The second-order valence-electron chi connectivity index (χ2n) is 8.09. The summed E-state index contributed by atoms with van der Waals surface area (Å²) in [5, 5.41) is 3.91. The lowest BCUT2D eigenvalue weighted by molar-refractivity contribution is 0.730. The Morgan fingerprint density at radius 1 is 0.944 bits per heavy atom. The van der Waals surface area contributed by atoms with Crippen LogP contribution in [-0.4, -0.2) is 29.5 Å². The van der Waals surface area contributed by atoms with Gasteiger partial charge in [0.05, 0.1) is 22.6 Å². The summed E-state index contributed by atoms with van der Waals surface area (Å²) < 4.78 is 1.63. The van der Waals surface area contributed by atoms with Crippen molar-refractivity contribution in [3.8, 4) is 17.5 Å². The summed E-state index contributed by atoms with van der Waals surface area (Å²) in [6.45, 7) is 3.81. The highest BCUT2D eigenvalue weighted by atomic mass is 16.1. The van der Waals surface area contributed by atoms with Crippen molar-refractivity contribution in [3.63, 3.8) is 0 Å². The Hall–Kier alpha value is -5.10. The Morgan fingerprint density at radius 3 is 2.50 bits per heavy atom. The predicted octanol–water partition coefficient (Wildman–Crippen LogP) is 3.43. The summed E-state index contributed by atoms with van der Waals surface area (Å²) >= 11 is 0. The number of anilines is 2. The number of nitrogens with two attached hydrogens (primary N) is 1. The van der Waals surface area contributed by atoms with Gasteiger partial charge in [-0.05, 0) is 49.6 Å². The van der Waals surface area contributed by atoms with Crippen LogP contribution in [0, 0.1) is 18.8 Å². The topological polar surface area (TPSA) is 124 Å². The molecule has 2 aromatic carbocycles. The van der Waals surface area contributed by atoms with Crippen molar-refractivity contribution in [2.24, 2.45) is 0 Å². The maximum absolute atomic E-state index is 13.7. The van der Waals surface area contributed by atoms with Crippen LogP contribution in [0.5, 0.6) is 0 Å². The number of nitrogens with one attached hydrogen (secondary N) is 1. The fourth-order valence-electron chi connectivity index (χ4n) is 3.91. The van der Waals surface area contributed by atoms with Crippen LogP contribution in [0.15, 0.2) is 78.1 Å². The van der Waals surface area contributed by atoms with Gasteiger partial charge in [0.25, 0.3) is 5.56 Å². The van der Waals surface area contributed by atoms with Crippen LogP contribution in [0.1, 0.15) is 35.7 Å². The molecule has 36 heavy (non-hydrogen) atoms. The zero-order valence-electron chi connectivity index (χ0n) is 19.7. The number of hydrogen-bond acceptors (Lipinski definition) is 8. The largest absolute Gasteiger partial charge is 0.382 e. The Morgan fingerprint density at radius 2 is 1.72 bits per heavy atom. The van der Waals surface area contributed by atoms with Crippen LogP contribution in [-0.2, 0) is 0 Å². The van der Waals surface area contributed by atoms with Crippen LogP contribution in [0.25, 0.3) is 16.6 Å². The highest BCUT2D eigenvalue weighted by molar-refractivity contribution is 5.81. The van der Waals surface area contributed by atoms with E-state index >= 15 is 0 Å². The van der Waals surface area contributed by atoms with E-state index in [-0.39, 0.29) is 11.4 Å². The third kappa shape index (κ3) is 4.35. The molecule has 3 N–H and O–H groups in total. The highest BCUT2D eigenvalue weighted by Crippen LogP contribution is 2.24. The lowest BCUT2D eigenvalue weighted by Gasteiger charge is -2.21. The Labute approximate surface area is 207 Å². The summed E-state index contributed by atoms with van der Waals surface area (Å²) in [6.07, 6.45) is 4.58. The summed E-state index contributed by atoms with van der Waals surface area (Å²) in [5.41, 5.74) is 8.60. The smallest absolute Gasteiger partial charge is 0.266 e. The van der Waals surface area contributed by atoms with E-state index in [4.69, 9.17) is 10.7 Å². The van der Waals surface area contributed by atoms with Crippen molar-refractivity contribution in [1.29, 1.82) is 0 Å². The molecule has 3 aromatic heterocycles. The molecule has 0 aliphatic carbocycles. The number of aromatic nitrogens is 6. The average Bonchev–Trinajstić information content (AvgIpc) is 2.89. The summed E-state index contributed by atoms with van der Waals surface area (Å²) in [7, 11) is 0. The third-order valence-electron chi connectivity index (χ3n) is 5.63. The van der Waals surface area contributed by atoms with E-state index in [9.17, 15) is 4.79 Å². The molecular formula is C27H22N8O. The normalized spacial score (nSPS) is 11.5. The molecule has 0 saturated heterocycles. The lowest BCUT2D eigenvalue weighted by atomic mass is 10.1. The molecular weight excluding hydrogens is 452 g/mol. The van der Waals surface area contributed by atoms with E-state index in [1.165, 1.54) is 6.33 Å². The average molecular weight is 475 g/mol. The Kier molecular flexibility index (Phi) is 6.07. The molecule has 0 fully saturated rings. The Bertz CT molecular complexity index is 1670. The zero-order valence-corrected chi connectivity index (χ0v) is 19.7. The molecule has 0 spiro atoms. The third-order valence-corrected chi connectivity index (χ3v) is 5.63. The van der Waals surface area contributed by atoms with E-state index < -0.39 is 6.04 Å². The monoisotopic (exact) mass is 474 g/mol. The van der Waals surface area contributed by atoms with Crippen LogP contribution < -0.4 is 16.6 Å². The number of aryl methyl sites for hydroxylation is 1. The number of nitrogens with zero attached hydrogens (tertiary/aromatic N) is 6. The molecule has 9 heteroatoms. The van der Waals surface area contributed by atoms with E-state index in [2.05, 4.69) is 37.1 Å². The second kappa shape index (κ2) is 9.64. The molecule has 176 valence electrons. The molecule has 0 amide bonds. The van der Waals surface area contributed by atoms with Crippen molar-refractivity contribution < 1.29 is 0 Å². The highest BCUT2D eigenvalue weighted by Gasteiger charge is 2.20. The first-order valence-corrected chi connectivity index (χ1v) is 11.3. The maximum atomic E-state index is 13.7. The molecule has 1 unspecified atom stereocenters. The van der Waals surface area contributed by atoms with Crippen molar-refractivity contribution in [2.75, 3.05) is 11.1 Å². The second-order valence-corrected chi connectivity index (χ2v) is 8.09. The first kappa shape index (κ1) is 22.7. The van der Waals surface area contributed by atoms with Crippen molar-refractivity contribution in [1.82, 2.24) is 29.5 Å². The first-order valence-electron chi connectivity index (χ1n) is 11.3. The molecule has 9 nitrogen and oxygen atoms in total. The van der Waals surface area contributed by atoms with Crippen LogP contribution in [0.2, 0.25) is 0 Å². The zero-order chi connectivity index (χ0) is 25.1. The van der Waals surface area contributed by atoms with Gasteiger partial charge < -0.3 is 11.1 Å². The van der Waals surface area contributed by atoms with Gasteiger partial charge in [0, 0.05) is 12.4 Å². The van der Waals surface area contributed by atoms with E-state index in [0.717, 1.165) is 5.56 Å². The summed E-state index contributed by atoms with van der Waals surface area (Å²) in [6, 6.07) is 16.3. The number of nitrogen functional groups attached to an aromatic ring is 1. The minimum atomic E-state index is -0.439. The molecule has 0 aliphatic heterocycles. The quantitative estimate of drug-likeness (QED) is 0.380. The molecule has 0 bridgehead atoms. The number of para-hydroxylation sites is 1. The fraction of sp³-hybridized carbons (Fsp3) is 0.111.